The van der Waals surface area contributed by atoms with Gasteiger partial charge < -0.3 is 9.47 Å². The molecule has 7 heteroatoms. The van der Waals surface area contributed by atoms with Crippen LogP contribution >= 0.6 is 11.3 Å². The van der Waals surface area contributed by atoms with Crippen molar-refractivity contribution in [3.8, 4) is 11.5 Å². The molecule has 1 aromatic rings. The van der Waals surface area contributed by atoms with Crippen LogP contribution in [0.3, 0.4) is 0 Å². The number of rotatable bonds is 2. The Balaban J connectivity index is 2.58. The number of thiophene rings is 1. The molecule has 0 amide bonds. The second-order valence-corrected chi connectivity index (χ2v) is 3.45. The summed E-state index contributed by atoms with van der Waals surface area (Å²) in [5.74, 6) is 0.673. The second kappa shape index (κ2) is 4.06. The number of carbonyl (C=O) groups excluding carboxylic acids is 2. The van der Waals surface area contributed by atoms with Gasteiger partial charge in [0, 0.05) is 0 Å². The Morgan fingerprint density at radius 1 is 1.00 bits per heavy atom. The minimum Gasteiger partial charge on any atom is -0.483 e. The molecule has 76 valence electrons. The van der Waals surface area contributed by atoms with Crippen molar-refractivity contribution >= 4 is 33.5 Å². The second-order valence-electron chi connectivity index (χ2n) is 2.47. The number of fused-ring (bicyclic) bond motifs is 1. The fourth-order valence-electron chi connectivity index (χ4n) is 1.15. The van der Waals surface area contributed by atoms with Crippen molar-refractivity contribution in [2.24, 2.45) is 9.98 Å². The molecule has 0 saturated heterocycles. The summed E-state index contributed by atoms with van der Waals surface area (Å²) in [6, 6.07) is 0. The lowest BCUT2D eigenvalue weighted by Crippen LogP contribution is -2.14. The zero-order chi connectivity index (χ0) is 10.7. The molecule has 6 nitrogen and oxygen atoms in total. The first-order chi connectivity index (χ1) is 7.36. The molecule has 0 aromatic carbocycles. The number of aliphatic imine (C=N–C) groups is 2. The fourth-order valence-corrected chi connectivity index (χ4v) is 1.99. The summed E-state index contributed by atoms with van der Waals surface area (Å²) >= 11 is 1.02. The monoisotopic (exact) mass is 224 g/mol. The number of hydrogen-bond donors (Lipinski definition) is 0. The Kier molecular flexibility index (Phi) is 2.60. The molecule has 0 fully saturated rings. The SMILES string of the molecule is O=C=Nc1sc(N=C=O)c2c1OCCO2. The molecule has 15 heavy (non-hydrogen) atoms. The minimum absolute atomic E-state index is 0.300. The van der Waals surface area contributed by atoms with Crippen LogP contribution in [0.2, 0.25) is 0 Å². The van der Waals surface area contributed by atoms with Crippen molar-refractivity contribution in [1.82, 2.24) is 0 Å². The van der Waals surface area contributed by atoms with Gasteiger partial charge in [-0.2, -0.15) is 9.98 Å². The van der Waals surface area contributed by atoms with Crippen LogP contribution in [0, 0.1) is 0 Å². The van der Waals surface area contributed by atoms with Gasteiger partial charge in [-0.05, 0) is 0 Å². The number of nitrogens with zero attached hydrogens (tertiary/aromatic N) is 2. The Morgan fingerprint density at radius 3 is 1.87 bits per heavy atom. The van der Waals surface area contributed by atoms with E-state index in [0.717, 1.165) is 11.3 Å². The molecule has 0 N–H and O–H groups in total. The normalized spacial score (nSPS) is 12.5. The number of isocyanates is 2. The molecular weight excluding hydrogens is 220 g/mol. The highest BCUT2D eigenvalue weighted by atomic mass is 32.1. The molecule has 1 aliphatic heterocycles. The highest BCUT2D eigenvalue weighted by Crippen LogP contribution is 2.53. The van der Waals surface area contributed by atoms with Gasteiger partial charge in [-0.1, -0.05) is 11.3 Å². The first-order valence-electron chi connectivity index (χ1n) is 3.95. The van der Waals surface area contributed by atoms with Crippen molar-refractivity contribution in [2.45, 2.75) is 0 Å². The largest absolute Gasteiger partial charge is 0.483 e. The Morgan fingerprint density at radius 2 is 1.47 bits per heavy atom. The fraction of sp³-hybridized carbons (Fsp3) is 0.250. The average Bonchev–Trinajstić information content (AvgIpc) is 2.59. The van der Waals surface area contributed by atoms with Crippen LogP contribution in [0.4, 0.5) is 10.0 Å². The lowest BCUT2D eigenvalue weighted by Gasteiger charge is -2.14. The molecule has 1 aliphatic rings. The third kappa shape index (κ3) is 1.67. The first kappa shape index (κ1) is 9.61. The van der Waals surface area contributed by atoms with Crippen molar-refractivity contribution < 1.29 is 19.1 Å². The highest BCUT2D eigenvalue weighted by molar-refractivity contribution is 7.20. The van der Waals surface area contributed by atoms with Crippen LogP contribution in [0.1, 0.15) is 0 Å². The lowest BCUT2D eigenvalue weighted by molar-refractivity contribution is 0.175. The van der Waals surface area contributed by atoms with Gasteiger partial charge in [0.2, 0.25) is 23.7 Å². The van der Waals surface area contributed by atoms with Gasteiger partial charge in [-0.15, -0.1) is 0 Å². The standard InChI is InChI=1S/C8H4N2O4S/c11-3-9-7-5-6(14-2-1-13-5)8(15-7)10-4-12/h1-2H2. The number of hydrogen-bond acceptors (Lipinski definition) is 7. The van der Waals surface area contributed by atoms with Gasteiger partial charge in [0.05, 0.1) is 0 Å². The van der Waals surface area contributed by atoms with Gasteiger partial charge in [0.15, 0.2) is 10.0 Å². The highest BCUT2D eigenvalue weighted by Gasteiger charge is 2.24. The summed E-state index contributed by atoms with van der Waals surface area (Å²) in [7, 11) is 0. The van der Waals surface area contributed by atoms with E-state index < -0.39 is 0 Å². The smallest absolute Gasteiger partial charge is 0.241 e. The van der Waals surface area contributed by atoms with E-state index in [1.165, 1.54) is 12.2 Å². The third-order valence-electron chi connectivity index (χ3n) is 1.66. The zero-order valence-electron chi connectivity index (χ0n) is 7.35. The molecule has 1 aromatic heterocycles. The summed E-state index contributed by atoms with van der Waals surface area (Å²) in [5.41, 5.74) is 0. The molecule has 2 heterocycles. The Labute approximate surface area is 87.9 Å². The molecule has 0 aliphatic carbocycles. The molecule has 0 radical (unpaired) electrons. The van der Waals surface area contributed by atoms with E-state index in [-0.39, 0.29) is 0 Å². The summed E-state index contributed by atoms with van der Waals surface area (Å²) < 4.78 is 10.5. The summed E-state index contributed by atoms with van der Waals surface area (Å²) in [6.07, 6.45) is 2.80. The van der Waals surface area contributed by atoms with Gasteiger partial charge in [-0.3, -0.25) is 0 Å². The topological polar surface area (TPSA) is 77.3 Å². The predicted octanol–water partition coefficient (Wildman–Crippen LogP) is 1.45. The first-order valence-corrected chi connectivity index (χ1v) is 4.76. The number of ether oxygens (including phenoxy) is 2. The van der Waals surface area contributed by atoms with Crippen molar-refractivity contribution in [3.05, 3.63) is 0 Å². The Hall–Kier alpha value is -1.94. The van der Waals surface area contributed by atoms with Crippen molar-refractivity contribution in [3.63, 3.8) is 0 Å². The summed E-state index contributed by atoms with van der Waals surface area (Å²) in [5, 5.41) is 0.599. The van der Waals surface area contributed by atoms with E-state index >= 15 is 0 Å². The van der Waals surface area contributed by atoms with Crippen LogP contribution in [-0.2, 0) is 9.59 Å². The van der Waals surface area contributed by atoms with E-state index in [1.54, 1.807) is 0 Å². The molecule has 2 rings (SSSR count). The van der Waals surface area contributed by atoms with E-state index in [2.05, 4.69) is 9.98 Å². The third-order valence-corrected chi connectivity index (χ3v) is 2.60. The quantitative estimate of drug-likeness (QED) is 0.562. The summed E-state index contributed by atoms with van der Waals surface area (Å²) in [6.45, 7) is 0.741. The van der Waals surface area contributed by atoms with Gasteiger partial charge in [0.1, 0.15) is 13.2 Å². The van der Waals surface area contributed by atoms with E-state index in [0.29, 0.717) is 34.7 Å². The lowest BCUT2D eigenvalue weighted by atomic mass is 10.4. The van der Waals surface area contributed by atoms with E-state index in [9.17, 15) is 9.59 Å². The molecule has 0 atom stereocenters. The van der Waals surface area contributed by atoms with Gasteiger partial charge in [0.25, 0.3) is 0 Å². The average molecular weight is 224 g/mol. The molecule has 0 saturated carbocycles. The molecular formula is C8H4N2O4S. The van der Waals surface area contributed by atoms with Gasteiger partial charge >= 0.3 is 0 Å². The maximum absolute atomic E-state index is 10.1. The Bertz CT molecular complexity index is 441. The van der Waals surface area contributed by atoms with E-state index in [1.807, 2.05) is 0 Å². The molecule has 0 unspecified atom stereocenters. The maximum Gasteiger partial charge on any atom is 0.241 e. The summed E-state index contributed by atoms with van der Waals surface area (Å²) in [4.78, 5) is 27.2. The van der Waals surface area contributed by atoms with Gasteiger partial charge in [-0.25, -0.2) is 9.59 Å². The maximum atomic E-state index is 10.1. The molecule has 0 bridgehead atoms. The minimum atomic E-state index is 0.300. The predicted molar refractivity (Wildman–Crippen MR) is 50.9 cm³/mol. The van der Waals surface area contributed by atoms with Crippen molar-refractivity contribution in [1.29, 1.82) is 0 Å². The van der Waals surface area contributed by atoms with Crippen molar-refractivity contribution in [2.75, 3.05) is 13.2 Å². The van der Waals surface area contributed by atoms with Crippen LogP contribution in [0.25, 0.3) is 0 Å². The van der Waals surface area contributed by atoms with E-state index in [4.69, 9.17) is 9.47 Å². The molecule has 0 spiro atoms. The van der Waals surface area contributed by atoms with Crippen LogP contribution in [-0.4, -0.2) is 25.4 Å². The van der Waals surface area contributed by atoms with Crippen LogP contribution in [0.5, 0.6) is 11.5 Å². The van der Waals surface area contributed by atoms with Crippen LogP contribution < -0.4 is 9.47 Å². The van der Waals surface area contributed by atoms with Crippen LogP contribution in [0.15, 0.2) is 9.98 Å². The zero-order valence-corrected chi connectivity index (χ0v) is 8.17.